The molecule has 1 heterocycles. The van der Waals surface area contributed by atoms with Crippen molar-refractivity contribution in [1.29, 1.82) is 0 Å². The van der Waals surface area contributed by atoms with Crippen LogP contribution in [-0.2, 0) is 19.1 Å². The van der Waals surface area contributed by atoms with Crippen LogP contribution in [-0.4, -0.2) is 53.4 Å². The molecule has 4 amide bonds. The molecule has 2 rings (SSSR count). The lowest BCUT2D eigenvalue weighted by molar-refractivity contribution is -0.151. The van der Waals surface area contributed by atoms with E-state index in [0.717, 1.165) is 24.2 Å². The van der Waals surface area contributed by atoms with Gasteiger partial charge in [0.15, 0.2) is 6.61 Å². The van der Waals surface area contributed by atoms with E-state index in [4.69, 9.17) is 4.74 Å². The molecule has 1 saturated heterocycles. The summed E-state index contributed by atoms with van der Waals surface area (Å²) in [6.45, 7) is 4.58. The smallest absolute Gasteiger partial charge is 0.326 e. The lowest BCUT2D eigenvalue weighted by Gasteiger charge is -2.29. The fraction of sp³-hybridized carbons (Fsp3) is 0.765. The molecule has 0 aromatic heterocycles. The van der Waals surface area contributed by atoms with Crippen molar-refractivity contribution in [3.8, 4) is 0 Å². The summed E-state index contributed by atoms with van der Waals surface area (Å²) in [6, 6.07) is -0.511. The molecule has 1 aliphatic carbocycles. The Hall–Kier alpha value is -2.12. The van der Waals surface area contributed by atoms with Crippen LogP contribution in [0.3, 0.4) is 0 Å². The number of esters is 1. The van der Waals surface area contributed by atoms with Gasteiger partial charge in [0.1, 0.15) is 12.1 Å². The molecule has 0 aromatic carbocycles. The van der Waals surface area contributed by atoms with Crippen LogP contribution in [0.4, 0.5) is 4.79 Å². The van der Waals surface area contributed by atoms with Crippen molar-refractivity contribution >= 4 is 23.8 Å². The molecule has 25 heavy (non-hydrogen) atoms. The Morgan fingerprint density at radius 3 is 2.60 bits per heavy atom. The van der Waals surface area contributed by atoms with E-state index in [-0.39, 0.29) is 11.9 Å². The lowest BCUT2D eigenvalue weighted by Crippen LogP contribution is -2.44. The average molecular weight is 353 g/mol. The summed E-state index contributed by atoms with van der Waals surface area (Å²) < 4.78 is 4.92. The maximum Gasteiger partial charge on any atom is 0.326 e. The van der Waals surface area contributed by atoms with Gasteiger partial charge in [-0.05, 0) is 32.1 Å². The van der Waals surface area contributed by atoms with Gasteiger partial charge in [-0.15, -0.1) is 0 Å². The number of imide groups is 1. The van der Waals surface area contributed by atoms with Crippen LogP contribution >= 0.6 is 0 Å². The van der Waals surface area contributed by atoms with Gasteiger partial charge in [0, 0.05) is 6.04 Å². The molecule has 8 heteroatoms. The first-order valence-corrected chi connectivity index (χ1v) is 8.86. The van der Waals surface area contributed by atoms with Gasteiger partial charge >= 0.3 is 12.0 Å². The molecule has 1 aliphatic heterocycles. The third-order valence-corrected chi connectivity index (χ3v) is 5.16. The quantitative estimate of drug-likeness (QED) is 0.546. The van der Waals surface area contributed by atoms with Crippen molar-refractivity contribution in [2.75, 3.05) is 13.2 Å². The fourth-order valence-electron chi connectivity index (χ4n) is 3.23. The predicted molar refractivity (Wildman–Crippen MR) is 89.5 cm³/mol. The summed E-state index contributed by atoms with van der Waals surface area (Å²) in [7, 11) is 0. The number of amides is 4. The van der Waals surface area contributed by atoms with Crippen molar-refractivity contribution < 1.29 is 23.9 Å². The Morgan fingerprint density at radius 2 is 2.00 bits per heavy atom. The average Bonchev–Trinajstić information content (AvgIpc) is 2.79. The summed E-state index contributed by atoms with van der Waals surface area (Å²) in [5.74, 6) is -1.19. The SMILES string of the molecule is CC[C@]1(C)NC(=O)N(CC(=O)OCC(=O)N[C@H]2CCCC[C@@H]2C)C1=O. The molecular weight excluding hydrogens is 326 g/mol. The fourth-order valence-corrected chi connectivity index (χ4v) is 3.23. The zero-order chi connectivity index (χ0) is 18.6. The van der Waals surface area contributed by atoms with Gasteiger partial charge in [-0.3, -0.25) is 19.3 Å². The normalized spacial score (nSPS) is 29.3. The largest absolute Gasteiger partial charge is 0.454 e. The molecule has 0 radical (unpaired) electrons. The molecule has 1 saturated carbocycles. The van der Waals surface area contributed by atoms with Crippen molar-refractivity contribution in [3.63, 3.8) is 0 Å². The van der Waals surface area contributed by atoms with Gasteiger partial charge in [-0.25, -0.2) is 4.79 Å². The third-order valence-electron chi connectivity index (χ3n) is 5.16. The van der Waals surface area contributed by atoms with Gasteiger partial charge < -0.3 is 15.4 Å². The van der Waals surface area contributed by atoms with E-state index in [1.165, 1.54) is 6.42 Å². The number of urea groups is 1. The minimum atomic E-state index is -0.994. The first kappa shape index (κ1) is 19.2. The Labute approximate surface area is 147 Å². The maximum atomic E-state index is 12.2. The number of nitrogens with zero attached hydrogens (tertiary/aromatic N) is 1. The molecule has 2 N–H and O–H groups in total. The number of hydrogen-bond donors (Lipinski definition) is 2. The first-order valence-electron chi connectivity index (χ1n) is 8.86. The van der Waals surface area contributed by atoms with Crippen LogP contribution in [0.5, 0.6) is 0 Å². The maximum absolute atomic E-state index is 12.2. The molecule has 3 atom stereocenters. The van der Waals surface area contributed by atoms with Gasteiger partial charge in [0.05, 0.1) is 0 Å². The minimum Gasteiger partial charge on any atom is -0.454 e. The van der Waals surface area contributed by atoms with Crippen LogP contribution in [0.15, 0.2) is 0 Å². The minimum absolute atomic E-state index is 0.108. The monoisotopic (exact) mass is 353 g/mol. The Bertz CT molecular complexity index is 564. The summed E-state index contributed by atoms with van der Waals surface area (Å²) in [5, 5.41) is 5.44. The molecule has 8 nitrogen and oxygen atoms in total. The van der Waals surface area contributed by atoms with E-state index in [2.05, 4.69) is 17.6 Å². The Morgan fingerprint density at radius 1 is 1.32 bits per heavy atom. The number of rotatable bonds is 6. The van der Waals surface area contributed by atoms with Crippen LogP contribution in [0, 0.1) is 5.92 Å². The van der Waals surface area contributed by atoms with Crippen LogP contribution in [0.2, 0.25) is 0 Å². The van der Waals surface area contributed by atoms with Crippen molar-refractivity contribution in [1.82, 2.24) is 15.5 Å². The number of hydrogen-bond acceptors (Lipinski definition) is 5. The van der Waals surface area contributed by atoms with Crippen LogP contribution < -0.4 is 10.6 Å². The second-order valence-corrected chi connectivity index (χ2v) is 7.10. The highest BCUT2D eigenvalue weighted by Gasteiger charge is 2.47. The molecule has 2 fully saturated rings. The van der Waals surface area contributed by atoms with Crippen molar-refractivity contribution in [3.05, 3.63) is 0 Å². The molecular formula is C17H27N3O5. The van der Waals surface area contributed by atoms with E-state index in [0.29, 0.717) is 12.3 Å². The summed E-state index contributed by atoms with van der Waals surface area (Å²) >= 11 is 0. The van der Waals surface area contributed by atoms with E-state index in [1.54, 1.807) is 13.8 Å². The van der Waals surface area contributed by atoms with Crippen LogP contribution in [0.1, 0.15) is 52.9 Å². The zero-order valence-corrected chi connectivity index (χ0v) is 15.1. The third kappa shape index (κ3) is 4.49. The molecule has 0 aromatic rings. The van der Waals surface area contributed by atoms with E-state index >= 15 is 0 Å². The molecule has 0 bridgehead atoms. The van der Waals surface area contributed by atoms with E-state index in [1.807, 2.05) is 0 Å². The zero-order valence-electron chi connectivity index (χ0n) is 15.1. The van der Waals surface area contributed by atoms with E-state index in [9.17, 15) is 19.2 Å². The topological polar surface area (TPSA) is 105 Å². The van der Waals surface area contributed by atoms with Gasteiger partial charge in [0.2, 0.25) is 0 Å². The molecule has 2 aliphatic rings. The standard InChI is InChI=1S/C17H27N3O5/c1-4-17(3)15(23)20(16(24)19-17)9-14(22)25-10-13(21)18-12-8-6-5-7-11(12)2/h11-12H,4-10H2,1-3H3,(H,18,21)(H,19,24)/t11-,12-,17-/m0/s1. The number of ether oxygens (including phenoxy) is 1. The molecule has 140 valence electrons. The predicted octanol–water partition coefficient (Wildman–Crippen LogP) is 0.945. The van der Waals surface area contributed by atoms with Crippen LogP contribution in [0.25, 0.3) is 0 Å². The second-order valence-electron chi connectivity index (χ2n) is 7.10. The Kier molecular flexibility index (Phi) is 6.02. The van der Waals surface area contributed by atoms with E-state index < -0.39 is 36.6 Å². The highest BCUT2D eigenvalue weighted by atomic mass is 16.5. The lowest BCUT2D eigenvalue weighted by atomic mass is 9.86. The summed E-state index contributed by atoms with van der Waals surface area (Å²) in [5.41, 5.74) is -0.994. The van der Waals surface area contributed by atoms with Gasteiger partial charge in [-0.2, -0.15) is 0 Å². The Balaban J connectivity index is 1.78. The highest BCUT2D eigenvalue weighted by molar-refractivity contribution is 6.08. The number of carbonyl (C=O) groups is 4. The highest BCUT2D eigenvalue weighted by Crippen LogP contribution is 2.23. The van der Waals surface area contributed by atoms with Crippen molar-refractivity contribution in [2.45, 2.75) is 64.5 Å². The molecule has 0 unspecified atom stereocenters. The van der Waals surface area contributed by atoms with Crippen molar-refractivity contribution in [2.24, 2.45) is 5.92 Å². The summed E-state index contributed by atoms with van der Waals surface area (Å²) in [6.07, 6.45) is 4.68. The summed E-state index contributed by atoms with van der Waals surface area (Å²) in [4.78, 5) is 48.7. The number of nitrogens with one attached hydrogen (secondary N) is 2. The second kappa shape index (κ2) is 7.84. The molecule has 0 spiro atoms. The van der Waals surface area contributed by atoms with Gasteiger partial charge in [0.25, 0.3) is 11.8 Å². The number of carbonyl (C=O) groups excluding carboxylic acids is 4. The first-order chi connectivity index (χ1) is 11.8. The van der Waals surface area contributed by atoms with Gasteiger partial charge in [-0.1, -0.05) is 26.7 Å².